The average molecular weight is 272 g/mol. The Bertz CT molecular complexity index is 548. The molecule has 0 N–H and O–H groups in total. The lowest BCUT2D eigenvalue weighted by Gasteiger charge is -2.17. The molecule has 0 aliphatic rings. The summed E-state index contributed by atoms with van der Waals surface area (Å²) in [6, 6.07) is 7.71. The lowest BCUT2D eigenvalue weighted by atomic mass is 9.89. The van der Waals surface area contributed by atoms with Gasteiger partial charge < -0.3 is 0 Å². The number of alkyl halides is 1. The summed E-state index contributed by atoms with van der Waals surface area (Å²) in [5.41, 5.74) is 5.12. The molecular weight excluding hydrogens is 247 g/mol. The fourth-order valence-corrected chi connectivity index (χ4v) is 2.13. The maximum absolute atomic E-state index is 13.9. The van der Waals surface area contributed by atoms with Crippen LogP contribution >= 0.6 is 0 Å². The Morgan fingerprint density at radius 2 is 1.60 bits per heavy atom. The Balaban J connectivity index is 3.39. The summed E-state index contributed by atoms with van der Waals surface area (Å²) in [5, 5.41) is 0. The standard InChI is InChI=1S/C19H25F/c1-8-14(4)18(15(5)13(2)3)16-9-11-17(12-10-16)19(6,7)20/h8-12H,2H2,1,3-7H3/b14-8?,18-15+. The fraction of sp³-hybridized carbons (Fsp3) is 0.368. The van der Waals surface area contributed by atoms with Gasteiger partial charge >= 0.3 is 0 Å². The van der Waals surface area contributed by atoms with Crippen molar-refractivity contribution in [3.05, 3.63) is 64.8 Å². The van der Waals surface area contributed by atoms with Gasteiger partial charge in [0.2, 0.25) is 0 Å². The second-order valence-corrected chi connectivity index (χ2v) is 5.80. The van der Waals surface area contributed by atoms with Crippen LogP contribution in [0.3, 0.4) is 0 Å². The van der Waals surface area contributed by atoms with E-state index in [1.54, 1.807) is 13.8 Å². The van der Waals surface area contributed by atoms with Crippen LogP contribution < -0.4 is 0 Å². The monoisotopic (exact) mass is 272 g/mol. The van der Waals surface area contributed by atoms with Gasteiger partial charge in [-0.3, -0.25) is 0 Å². The molecular formula is C19H25F. The first-order valence-corrected chi connectivity index (χ1v) is 6.98. The van der Waals surface area contributed by atoms with Crippen LogP contribution in [0.5, 0.6) is 0 Å². The van der Waals surface area contributed by atoms with Crippen LogP contribution in [0, 0.1) is 0 Å². The first-order chi connectivity index (χ1) is 9.18. The molecule has 0 heterocycles. The highest BCUT2D eigenvalue weighted by molar-refractivity contribution is 5.82. The number of allylic oxidation sites excluding steroid dienone is 5. The van der Waals surface area contributed by atoms with E-state index >= 15 is 0 Å². The lowest BCUT2D eigenvalue weighted by molar-refractivity contribution is 0.221. The SMILES string of the molecule is C=C(C)/C(C)=C(\C(C)=CC)c1ccc(C(C)(C)F)cc1. The molecule has 0 aromatic heterocycles. The molecule has 1 heteroatoms. The van der Waals surface area contributed by atoms with E-state index in [0.717, 1.165) is 11.1 Å². The molecule has 0 radical (unpaired) electrons. The van der Waals surface area contributed by atoms with Crippen LogP contribution in [0.15, 0.2) is 53.6 Å². The molecule has 0 saturated carbocycles. The summed E-state index contributed by atoms with van der Waals surface area (Å²) >= 11 is 0. The predicted octanol–water partition coefficient (Wildman–Crippen LogP) is 6.21. The summed E-state index contributed by atoms with van der Waals surface area (Å²) in [7, 11) is 0. The summed E-state index contributed by atoms with van der Waals surface area (Å²) in [5.74, 6) is 0. The summed E-state index contributed by atoms with van der Waals surface area (Å²) in [6.45, 7) is 15.4. The first kappa shape index (κ1) is 16.4. The van der Waals surface area contributed by atoms with Crippen molar-refractivity contribution in [2.24, 2.45) is 0 Å². The summed E-state index contributed by atoms with van der Waals surface area (Å²) < 4.78 is 13.9. The normalized spacial score (nSPS) is 14.1. The maximum atomic E-state index is 13.9. The van der Waals surface area contributed by atoms with Gasteiger partial charge in [-0.1, -0.05) is 42.5 Å². The lowest BCUT2D eigenvalue weighted by Crippen LogP contribution is -2.08. The number of rotatable bonds is 4. The third-order valence-corrected chi connectivity index (χ3v) is 3.70. The van der Waals surface area contributed by atoms with Crippen molar-refractivity contribution in [2.45, 2.75) is 47.2 Å². The van der Waals surface area contributed by atoms with Crippen LogP contribution in [0.1, 0.15) is 52.7 Å². The molecule has 20 heavy (non-hydrogen) atoms. The minimum Gasteiger partial charge on any atom is -0.239 e. The molecule has 0 aliphatic heterocycles. The minimum absolute atomic E-state index is 0.701. The van der Waals surface area contributed by atoms with Crippen molar-refractivity contribution in [3.63, 3.8) is 0 Å². The van der Waals surface area contributed by atoms with E-state index in [1.165, 1.54) is 16.7 Å². The molecule has 0 spiro atoms. The molecule has 108 valence electrons. The topological polar surface area (TPSA) is 0 Å². The van der Waals surface area contributed by atoms with Crippen LogP contribution in [-0.4, -0.2) is 0 Å². The molecule has 1 rings (SSSR count). The quantitative estimate of drug-likeness (QED) is 0.572. The van der Waals surface area contributed by atoms with Crippen molar-refractivity contribution >= 4 is 5.57 Å². The largest absolute Gasteiger partial charge is 0.239 e. The number of halogens is 1. The summed E-state index contributed by atoms with van der Waals surface area (Å²) in [4.78, 5) is 0. The van der Waals surface area contributed by atoms with E-state index in [1.807, 2.05) is 38.1 Å². The maximum Gasteiger partial charge on any atom is 0.130 e. The van der Waals surface area contributed by atoms with Gasteiger partial charge in [-0.05, 0) is 69.4 Å². The molecule has 0 amide bonds. The second-order valence-electron chi connectivity index (χ2n) is 5.80. The van der Waals surface area contributed by atoms with Crippen molar-refractivity contribution in [1.29, 1.82) is 0 Å². The fourth-order valence-electron chi connectivity index (χ4n) is 2.13. The minimum atomic E-state index is -1.30. The number of hydrogen-bond donors (Lipinski definition) is 0. The van der Waals surface area contributed by atoms with E-state index in [2.05, 4.69) is 26.5 Å². The van der Waals surface area contributed by atoms with Crippen LogP contribution in [0.4, 0.5) is 4.39 Å². The van der Waals surface area contributed by atoms with Gasteiger partial charge in [-0.2, -0.15) is 0 Å². The van der Waals surface area contributed by atoms with Gasteiger partial charge in [0.25, 0.3) is 0 Å². The zero-order valence-corrected chi connectivity index (χ0v) is 13.5. The van der Waals surface area contributed by atoms with Crippen molar-refractivity contribution in [2.75, 3.05) is 0 Å². The van der Waals surface area contributed by atoms with E-state index < -0.39 is 5.67 Å². The van der Waals surface area contributed by atoms with Crippen LogP contribution in [-0.2, 0) is 5.67 Å². The number of benzene rings is 1. The Kier molecular flexibility index (Phi) is 5.10. The molecule has 1 aromatic rings. The zero-order chi connectivity index (χ0) is 15.5. The van der Waals surface area contributed by atoms with Gasteiger partial charge in [-0.15, -0.1) is 0 Å². The highest BCUT2D eigenvalue weighted by Gasteiger charge is 2.18. The Labute approximate surface area is 122 Å². The molecule has 0 bridgehead atoms. The van der Waals surface area contributed by atoms with Gasteiger partial charge in [-0.25, -0.2) is 4.39 Å². The van der Waals surface area contributed by atoms with E-state index in [-0.39, 0.29) is 0 Å². The van der Waals surface area contributed by atoms with Crippen LogP contribution in [0.25, 0.3) is 5.57 Å². The van der Waals surface area contributed by atoms with E-state index in [9.17, 15) is 4.39 Å². The molecule has 0 unspecified atom stereocenters. The zero-order valence-electron chi connectivity index (χ0n) is 13.5. The molecule has 0 nitrogen and oxygen atoms in total. The Morgan fingerprint density at radius 3 is 1.95 bits per heavy atom. The van der Waals surface area contributed by atoms with Crippen molar-refractivity contribution in [1.82, 2.24) is 0 Å². The van der Waals surface area contributed by atoms with Crippen molar-refractivity contribution < 1.29 is 4.39 Å². The van der Waals surface area contributed by atoms with Crippen LogP contribution in [0.2, 0.25) is 0 Å². The number of hydrogen-bond acceptors (Lipinski definition) is 0. The third-order valence-electron chi connectivity index (χ3n) is 3.70. The Hall–Kier alpha value is -1.63. The van der Waals surface area contributed by atoms with Gasteiger partial charge in [0.15, 0.2) is 0 Å². The molecule has 1 aromatic carbocycles. The molecule has 0 aliphatic carbocycles. The summed E-state index contributed by atoms with van der Waals surface area (Å²) in [6.07, 6.45) is 2.09. The van der Waals surface area contributed by atoms with Gasteiger partial charge in [0.1, 0.15) is 5.67 Å². The highest BCUT2D eigenvalue weighted by Crippen LogP contribution is 2.31. The van der Waals surface area contributed by atoms with Crippen molar-refractivity contribution in [3.8, 4) is 0 Å². The van der Waals surface area contributed by atoms with Gasteiger partial charge in [0.05, 0.1) is 0 Å². The first-order valence-electron chi connectivity index (χ1n) is 6.98. The van der Waals surface area contributed by atoms with Gasteiger partial charge in [0, 0.05) is 0 Å². The highest BCUT2D eigenvalue weighted by atomic mass is 19.1. The molecule has 0 atom stereocenters. The average Bonchev–Trinajstić information content (AvgIpc) is 2.38. The smallest absolute Gasteiger partial charge is 0.130 e. The molecule has 0 saturated heterocycles. The van der Waals surface area contributed by atoms with E-state index in [0.29, 0.717) is 5.56 Å². The Morgan fingerprint density at radius 1 is 1.10 bits per heavy atom. The second kappa shape index (κ2) is 6.21. The third kappa shape index (κ3) is 3.69. The molecule has 0 fully saturated rings. The van der Waals surface area contributed by atoms with E-state index in [4.69, 9.17) is 0 Å². The predicted molar refractivity (Wildman–Crippen MR) is 87.4 cm³/mol.